The highest BCUT2D eigenvalue weighted by Gasteiger charge is 2.08. The van der Waals surface area contributed by atoms with Crippen molar-refractivity contribution in [1.29, 1.82) is 0 Å². The SMILES string of the molecule is CC(Cc1ccc(F)cc1)Nc1ncc(Br)cc1Cl. The van der Waals surface area contributed by atoms with Crippen LogP contribution in [0.2, 0.25) is 5.02 Å². The van der Waals surface area contributed by atoms with E-state index in [-0.39, 0.29) is 11.9 Å². The Labute approximate surface area is 125 Å². The number of hydrogen-bond acceptors (Lipinski definition) is 2. The van der Waals surface area contributed by atoms with E-state index in [0.717, 1.165) is 16.5 Å². The van der Waals surface area contributed by atoms with Gasteiger partial charge in [0.05, 0.1) is 5.02 Å². The van der Waals surface area contributed by atoms with Gasteiger partial charge in [-0.05, 0) is 53.0 Å². The molecular weight excluding hydrogens is 331 g/mol. The summed E-state index contributed by atoms with van der Waals surface area (Å²) in [6, 6.07) is 8.44. The summed E-state index contributed by atoms with van der Waals surface area (Å²) >= 11 is 9.41. The number of anilines is 1. The molecule has 1 heterocycles. The van der Waals surface area contributed by atoms with Gasteiger partial charge in [-0.2, -0.15) is 0 Å². The van der Waals surface area contributed by atoms with Crippen LogP contribution in [0.1, 0.15) is 12.5 Å². The summed E-state index contributed by atoms with van der Waals surface area (Å²) < 4.78 is 13.7. The second-order valence-electron chi connectivity index (χ2n) is 4.36. The number of halogens is 3. The van der Waals surface area contributed by atoms with Crippen molar-refractivity contribution in [2.24, 2.45) is 0 Å². The molecule has 0 aliphatic heterocycles. The van der Waals surface area contributed by atoms with Gasteiger partial charge in [0.2, 0.25) is 0 Å². The Kier molecular flexibility index (Phi) is 4.77. The Morgan fingerprint density at radius 1 is 1.37 bits per heavy atom. The summed E-state index contributed by atoms with van der Waals surface area (Å²) in [5.74, 6) is 0.432. The lowest BCUT2D eigenvalue weighted by molar-refractivity contribution is 0.626. The molecule has 5 heteroatoms. The molecule has 2 aromatic rings. The number of aromatic nitrogens is 1. The first-order valence-corrected chi connectivity index (χ1v) is 7.03. The number of nitrogens with one attached hydrogen (secondary N) is 1. The Morgan fingerprint density at radius 3 is 2.68 bits per heavy atom. The van der Waals surface area contributed by atoms with Gasteiger partial charge in [-0.3, -0.25) is 0 Å². The highest BCUT2D eigenvalue weighted by molar-refractivity contribution is 9.10. The van der Waals surface area contributed by atoms with Crippen molar-refractivity contribution >= 4 is 33.3 Å². The van der Waals surface area contributed by atoms with Gasteiger partial charge in [0.25, 0.3) is 0 Å². The molecule has 0 spiro atoms. The quantitative estimate of drug-likeness (QED) is 0.872. The van der Waals surface area contributed by atoms with Crippen molar-refractivity contribution in [3.05, 3.63) is 57.4 Å². The van der Waals surface area contributed by atoms with E-state index in [1.807, 2.05) is 6.92 Å². The fourth-order valence-corrected chi connectivity index (χ4v) is 2.46. The number of benzene rings is 1. The van der Waals surface area contributed by atoms with Crippen LogP contribution in [0, 0.1) is 5.82 Å². The van der Waals surface area contributed by atoms with Crippen LogP contribution >= 0.6 is 27.5 Å². The molecule has 1 aromatic heterocycles. The molecule has 0 amide bonds. The molecule has 19 heavy (non-hydrogen) atoms. The summed E-state index contributed by atoms with van der Waals surface area (Å²) in [4.78, 5) is 4.22. The van der Waals surface area contributed by atoms with Crippen LogP contribution in [-0.2, 0) is 6.42 Å². The maximum atomic E-state index is 12.8. The van der Waals surface area contributed by atoms with E-state index >= 15 is 0 Å². The first-order valence-electron chi connectivity index (χ1n) is 5.86. The zero-order valence-corrected chi connectivity index (χ0v) is 12.7. The smallest absolute Gasteiger partial charge is 0.145 e. The van der Waals surface area contributed by atoms with Crippen molar-refractivity contribution < 1.29 is 4.39 Å². The molecule has 0 aliphatic rings. The Balaban J connectivity index is 2.01. The van der Waals surface area contributed by atoms with E-state index in [4.69, 9.17) is 11.6 Å². The van der Waals surface area contributed by atoms with Gasteiger partial charge in [0.1, 0.15) is 11.6 Å². The summed E-state index contributed by atoms with van der Waals surface area (Å²) in [6.07, 6.45) is 2.47. The van der Waals surface area contributed by atoms with Crippen LogP contribution < -0.4 is 5.32 Å². The maximum Gasteiger partial charge on any atom is 0.145 e. The van der Waals surface area contributed by atoms with Crippen LogP contribution in [0.5, 0.6) is 0 Å². The van der Waals surface area contributed by atoms with E-state index in [1.54, 1.807) is 24.4 Å². The van der Waals surface area contributed by atoms with E-state index in [1.165, 1.54) is 12.1 Å². The lowest BCUT2D eigenvalue weighted by Gasteiger charge is -2.15. The Bertz CT molecular complexity index is 560. The van der Waals surface area contributed by atoms with Crippen LogP contribution in [0.15, 0.2) is 41.0 Å². The van der Waals surface area contributed by atoms with Gasteiger partial charge in [-0.15, -0.1) is 0 Å². The maximum absolute atomic E-state index is 12.8. The zero-order chi connectivity index (χ0) is 13.8. The molecule has 2 nitrogen and oxygen atoms in total. The van der Waals surface area contributed by atoms with Crippen molar-refractivity contribution in [2.45, 2.75) is 19.4 Å². The highest BCUT2D eigenvalue weighted by Crippen LogP contribution is 2.23. The molecule has 0 aliphatic carbocycles. The molecule has 0 saturated heterocycles. The third-order valence-corrected chi connectivity index (χ3v) is 3.37. The molecule has 1 atom stereocenters. The minimum absolute atomic E-state index is 0.150. The topological polar surface area (TPSA) is 24.9 Å². The minimum atomic E-state index is -0.220. The van der Waals surface area contributed by atoms with E-state index in [0.29, 0.717) is 10.8 Å². The number of rotatable bonds is 4. The average Bonchev–Trinajstić information content (AvgIpc) is 2.36. The predicted molar refractivity (Wildman–Crippen MR) is 80.1 cm³/mol. The van der Waals surface area contributed by atoms with E-state index in [9.17, 15) is 4.39 Å². The van der Waals surface area contributed by atoms with Gasteiger partial charge >= 0.3 is 0 Å². The van der Waals surface area contributed by atoms with E-state index < -0.39 is 0 Å². The number of hydrogen-bond donors (Lipinski definition) is 1. The summed E-state index contributed by atoms with van der Waals surface area (Å²) in [5, 5.41) is 3.81. The Hall–Kier alpha value is -1.13. The van der Waals surface area contributed by atoms with E-state index in [2.05, 4.69) is 26.2 Å². The fourth-order valence-electron chi connectivity index (χ4n) is 1.78. The lowest BCUT2D eigenvalue weighted by Crippen LogP contribution is -2.19. The third kappa shape index (κ3) is 4.18. The molecule has 0 radical (unpaired) electrons. The Morgan fingerprint density at radius 2 is 2.05 bits per heavy atom. The molecule has 1 aromatic carbocycles. The van der Waals surface area contributed by atoms with Gasteiger partial charge in [-0.25, -0.2) is 9.37 Å². The number of pyridine rings is 1. The summed E-state index contributed by atoms with van der Waals surface area (Å²) in [7, 11) is 0. The van der Waals surface area contributed by atoms with Crippen molar-refractivity contribution in [1.82, 2.24) is 4.98 Å². The zero-order valence-electron chi connectivity index (χ0n) is 10.3. The molecule has 1 N–H and O–H groups in total. The third-order valence-electron chi connectivity index (χ3n) is 2.65. The predicted octanol–water partition coefficient (Wildman–Crippen LogP) is 4.68. The molecule has 0 bridgehead atoms. The van der Waals surface area contributed by atoms with Crippen LogP contribution in [-0.4, -0.2) is 11.0 Å². The lowest BCUT2D eigenvalue weighted by atomic mass is 10.1. The van der Waals surface area contributed by atoms with Gasteiger partial charge < -0.3 is 5.32 Å². The molecule has 0 saturated carbocycles. The molecule has 100 valence electrons. The van der Waals surface area contributed by atoms with Crippen molar-refractivity contribution in [2.75, 3.05) is 5.32 Å². The highest BCUT2D eigenvalue weighted by atomic mass is 79.9. The number of nitrogens with zero attached hydrogens (tertiary/aromatic N) is 1. The first-order chi connectivity index (χ1) is 9.04. The molecule has 1 unspecified atom stereocenters. The van der Waals surface area contributed by atoms with Crippen LogP contribution in [0.3, 0.4) is 0 Å². The average molecular weight is 344 g/mol. The second kappa shape index (κ2) is 6.35. The normalized spacial score (nSPS) is 12.2. The molecule has 2 rings (SSSR count). The standard InChI is InChI=1S/C14H13BrClFN2/c1-9(6-10-2-4-12(17)5-3-10)19-14-13(16)7-11(15)8-18-14/h2-5,7-9H,6H2,1H3,(H,18,19). The second-order valence-corrected chi connectivity index (χ2v) is 5.68. The van der Waals surface area contributed by atoms with Gasteiger partial charge in [0.15, 0.2) is 0 Å². The van der Waals surface area contributed by atoms with Gasteiger partial charge in [0, 0.05) is 16.7 Å². The van der Waals surface area contributed by atoms with Crippen LogP contribution in [0.4, 0.5) is 10.2 Å². The molecular formula is C14H13BrClFN2. The fraction of sp³-hybridized carbons (Fsp3) is 0.214. The summed E-state index contributed by atoms with van der Waals surface area (Å²) in [6.45, 7) is 2.03. The largest absolute Gasteiger partial charge is 0.366 e. The van der Waals surface area contributed by atoms with Crippen molar-refractivity contribution in [3.63, 3.8) is 0 Å². The summed E-state index contributed by atoms with van der Waals surface area (Å²) in [5.41, 5.74) is 1.06. The molecule has 0 fully saturated rings. The minimum Gasteiger partial charge on any atom is -0.366 e. The van der Waals surface area contributed by atoms with Crippen LogP contribution in [0.25, 0.3) is 0 Å². The monoisotopic (exact) mass is 342 g/mol. The first kappa shape index (κ1) is 14.3. The van der Waals surface area contributed by atoms with Crippen molar-refractivity contribution in [3.8, 4) is 0 Å². The van der Waals surface area contributed by atoms with Gasteiger partial charge in [-0.1, -0.05) is 23.7 Å².